The molecule has 0 radical (unpaired) electrons. The Morgan fingerprint density at radius 1 is 1.35 bits per heavy atom. The number of aliphatic carboxylic acids is 1. The lowest BCUT2D eigenvalue weighted by Crippen LogP contribution is -2.35. The van der Waals surface area contributed by atoms with Crippen LogP contribution in [0, 0.1) is 11.8 Å². The molecule has 2 rings (SSSR count). The van der Waals surface area contributed by atoms with Gasteiger partial charge in [-0.1, -0.05) is 5.10 Å². The fraction of sp³-hybridized carbons (Fsp3) is 0.727. The molecule has 1 heterocycles. The van der Waals surface area contributed by atoms with Gasteiger partial charge in [0.2, 0.25) is 0 Å². The number of urea groups is 1. The van der Waals surface area contributed by atoms with Crippen LogP contribution in [0.1, 0.15) is 25.7 Å². The van der Waals surface area contributed by atoms with Crippen LogP contribution in [0.2, 0.25) is 0 Å². The Bertz CT molecular complexity index is 480. The summed E-state index contributed by atoms with van der Waals surface area (Å²) < 4.78 is 0. The van der Waals surface area contributed by atoms with Crippen LogP contribution in [-0.4, -0.2) is 43.9 Å². The number of carboxylic acid groups (broad SMARTS) is 1. The van der Waals surface area contributed by atoms with Crippen LogP contribution in [-0.2, 0) is 11.8 Å². The number of anilines is 1. The summed E-state index contributed by atoms with van der Waals surface area (Å²) in [5.41, 5.74) is 0. The molecule has 1 aromatic rings. The maximum atomic E-state index is 11.6. The Labute approximate surface area is 115 Å². The summed E-state index contributed by atoms with van der Waals surface area (Å²) in [5.74, 6) is -0.475. The zero-order chi connectivity index (χ0) is 14.5. The molecule has 110 valence electrons. The van der Waals surface area contributed by atoms with E-state index in [2.05, 4.69) is 26.0 Å². The highest BCUT2D eigenvalue weighted by Gasteiger charge is 2.25. The predicted octanol–water partition coefficient (Wildman–Crippen LogP) is 0.223. The first-order valence-corrected chi connectivity index (χ1v) is 6.56. The van der Waals surface area contributed by atoms with E-state index in [9.17, 15) is 9.59 Å². The molecule has 1 aliphatic rings. The highest BCUT2D eigenvalue weighted by atomic mass is 16.4. The van der Waals surface area contributed by atoms with Crippen LogP contribution in [0.15, 0.2) is 0 Å². The van der Waals surface area contributed by atoms with Crippen molar-refractivity contribution in [3.8, 4) is 0 Å². The monoisotopic (exact) mass is 282 g/mol. The van der Waals surface area contributed by atoms with Crippen molar-refractivity contribution in [1.82, 2.24) is 25.5 Å². The lowest BCUT2D eigenvalue weighted by Gasteiger charge is -2.26. The summed E-state index contributed by atoms with van der Waals surface area (Å²) in [7, 11) is 1.61. The van der Waals surface area contributed by atoms with Gasteiger partial charge in [-0.25, -0.2) is 4.79 Å². The van der Waals surface area contributed by atoms with Gasteiger partial charge < -0.3 is 10.4 Å². The molecular formula is C11H18N6O3. The summed E-state index contributed by atoms with van der Waals surface area (Å²) in [5, 5.41) is 25.2. The number of carbonyl (C=O) groups is 2. The zero-order valence-corrected chi connectivity index (χ0v) is 11.2. The van der Waals surface area contributed by atoms with Crippen molar-refractivity contribution >= 4 is 17.9 Å². The fourth-order valence-electron chi connectivity index (χ4n) is 2.33. The van der Waals surface area contributed by atoms with E-state index in [1.54, 1.807) is 7.05 Å². The number of rotatable bonds is 4. The van der Waals surface area contributed by atoms with Crippen molar-refractivity contribution < 1.29 is 14.7 Å². The van der Waals surface area contributed by atoms with E-state index in [1.165, 1.54) is 4.80 Å². The third-order valence-corrected chi connectivity index (χ3v) is 3.48. The fourth-order valence-corrected chi connectivity index (χ4v) is 2.33. The Morgan fingerprint density at radius 3 is 2.60 bits per heavy atom. The van der Waals surface area contributed by atoms with Crippen molar-refractivity contribution in [3.05, 3.63) is 0 Å². The number of nitrogens with zero attached hydrogens (tertiary/aromatic N) is 4. The van der Waals surface area contributed by atoms with Gasteiger partial charge in [-0.2, -0.15) is 4.80 Å². The molecule has 0 aromatic carbocycles. The van der Waals surface area contributed by atoms with Gasteiger partial charge in [0.15, 0.2) is 0 Å². The summed E-state index contributed by atoms with van der Waals surface area (Å²) in [6.07, 6.45) is 2.99. The van der Waals surface area contributed by atoms with Crippen LogP contribution < -0.4 is 10.6 Å². The summed E-state index contributed by atoms with van der Waals surface area (Å²) >= 11 is 0. The highest BCUT2D eigenvalue weighted by molar-refractivity contribution is 5.87. The molecule has 0 atom stereocenters. The summed E-state index contributed by atoms with van der Waals surface area (Å²) in [4.78, 5) is 23.7. The third-order valence-electron chi connectivity index (χ3n) is 3.48. The molecule has 1 aliphatic carbocycles. The Kier molecular flexibility index (Phi) is 4.49. The van der Waals surface area contributed by atoms with Gasteiger partial charge in [0.25, 0.3) is 5.95 Å². The number of aromatic nitrogens is 4. The van der Waals surface area contributed by atoms with Gasteiger partial charge in [0, 0.05) is 6.54 Å². The SMILES string of the molecule is Cn1nnc(NC(=O)NCC2CCC(C(=O)O)CC2)n1. The lowest BCUT2D eigenvalue weighted by atomic mass is 9.82. The van der Waals surface area contributed by atoms with Crippen molar-refractivity contribution in [2.24, 2.45) is 18.9 Å². The molecule has 9 nitrogen and oxygen atoms in total. The second kappa shape index (κ2) is 6.31. The summed E-state index contributed by atoms with van der Waals surface area (Å²) in [6.45, 7) is 0.526. The third kappa shape index (κ3) is 3.90. The van der Waals surface area contributed by atoms with Gasteiger partial charge in [-0.05, 0) is 36.8 Å². The molecule has 1 aromatic heterocycles. The number of tetrazole rings is 1. The molecule has 3 N–H and O–H groups in total. The first-order chi connectivity index (χ1) is 9.54. The summed E-state index contributed by atoms with van der Waals surface area (Å²) in [6, 6.07) is -0.377. The van der Waals surface area contributed by atoms with E-state index in [0.29, 0.717) is 25.3 Å². The van der Waals surface area contributed by atoms with Crippen LogP contribution in [0.3, 0.4) is 0 Å². The van der Waals surface area contributed by atoms with E-state index in [4.69, 9.17) is 5.11 Å². The molecular weight excluding hydrogens is 264 g/mol. The average molecular weight is 282 g/mol. The molecule has 0 bridgehead atoms. The minimum Gasteiger partial charge on any atom is -0.481 e. The molecule has 0 unspecified atom stereocenters. The maximum absolute atomic E-state index is 11.6. The van der Waals surface area contributed by atoms with E-state index < -0.39 is 5.97 Å². The van der Waals surface area contributed by atoms with Crippen molar-refractivity contribution in [2.45, 2.75) is 25.7 Å². The molecule has 0 aliphatic heterocycles. The number of hydrogen-bond acceptors (Lipinski definition) is 5. The Hall–Kier alpha value is -2.19. The van der Waals surface area contributed by atoms with Gasteiger partial charge in [-0.15, -0.1) is 5.10 Å². The van der Waals surface area contributed by atoms with Crippen LogP contribution >= 0.6 is 0 Å². The van der Waals surface area contributed by atoms with Crippen LogP contribution in [0.25, 0.3) is 0 Å². The van der Waals surface area contributed by atoms with Gasteiger partial charge in [0.05, 0.1) is 13.0 Å². The lowest BCUT2D eigenvalue weighted by molar-refractivity contribution is -0.143. The van der Waals surface area contributed by atoms with Crippen molar-refractivity contribution in [3.63, 3.8) is 0 Å². The normalized spacial score (nSPS) is 22.2. The van der Waals surface area contributed by atoms with Gasteiger partial charge in [-0.3, -0.25) is 10.1 Å². The minimum atomic E-state index is -0.720. The Morgan fingerprint density at radius 2 is 2.05 bits per heavy atom. The Balaban J connectivity index is 1.68. The predicted molar refractivity (Wildman–Crippen MR) is 68.9 cm³/mol. The van der Waals surface area contributed by atoms with Crippen molar-refractivity contribution in [1.29, 1.82) is 0 Å². The average Bonchev–Trinajstić information content (AvgIpc) is 2.82. The van der Waals surface area contributed by atoms with E-state index >= 15 is 0 Å². The quantitative estimate of drug-likeness (QED) is 0.726. The van der Waals surface area contributed by atoms with Gasteiger partial charge in [0.1, 0.15) is 0 Å². The molecule has 0 saturated heterocycles. The molecule has 9 heteroatoms. The van der Waals surface area contributed by atoms with E-state index in [-0.39, 0.29) is 17.9 Å². The standard InChI is InChI=1S/C11H18N6O3/c1-17-15-10(14-16-17)13-11(20)12-6-7-2-4-8(5-3-7)9(18)19/h7-8H,2-6H2,1H3,(H,18,19)(H2,12,13,15,20). The number of nitrogens with one attached hydrogen (secondary N) is 2. The van der Waals surface area contributed by atoms with E-state index in [1.807, 2.05) is 0 Å². The second-order valence-corrected chi connectivity index (χ2v) is 4.99. The van der Waals surface area contributed by atoms with Crippen LogP contribution in [0.4, 0.5) is 10.7 Å². The molecule has 20 heavy (non-hydrogen) atoms. The second-order valence-electron chi connectivity index (χ2n) is 4.99. The minimum absolute atomic E-state index is 0.152. The smallest absolute Gasteiger partial charge is 0.321 e. The maximum Gasteiger partial charge on any atom is 0.321 e. The first-order valence-electron chi connectivity index (χ1n) is 6.56. The molecule has 2 amide bonds. The van der Waals surface area contributed by atoms with E-state index in [0.717, 1.165) is 12.8 Å². The number of amides is 2. The highest BCUT2D eigenvalue weighted by Crippen LogP contribution is 2.28. The zero-order valence-electron chi connectivity index (χ0n) is 11.2. The van der Waals surface area contributed by atoms with Gasteiger partial charge >= 0.3 is 12.0 Å². The topological polar surface area (TPSA) is 122 Å². The number of aryl methyl sites for hydroxylation is 1. The van der Waals surface area contributed by atoms with Crippen LogP contribution in [0.5, 0.6) is 0 Å². The number of carbonyl (C=O) groups excluding carboxylic acids is 1. The van der Waals surface area contributed by atoms with Crippen molar-refractivity contribution in [2.75, 3.05) is 11.9 Å². The molecule has 1 saturated carbocycles. The first kappa shape index (κ1) is 14.2. The molecule has 0 spiro atoms. The number of hydrogen-bond donors (Lipinski definition) is 3. The molecule has 1 fully saturated rings. The number of carboxylic acids is 1. The largest absolute Gasteiger partial charge is 0.481 e.